The zero-order valence-electron chi connectivity index (χ0n) is 26.8. The van der Waals surface area contributed by atoms with Crippen molar-refractivity contribution < 1.29 is 33.2 Å². The number of hydrogen-bond acceptors (Lipinski definition) is 9. The predicted molar refractivity (Wildman–Crippen MR) is 176 cm³/mol. The van der Waals surface area contributed by atoms with Crippen LogP contribution in [0, 0.1) is 0 Å². The third kappa shape index (κ3) is 5.24. The summed E-state index contributed by atoms with van der Waals surface area (Å²) in [6.45, 7) is 1.46. The fourth-order valence-electron chi connectivity index (χ4n) is 6.81. The van der Waals surface area contributed by atoms with Crippen molar-refractivity contribution in [2.45, 2.75) is 31.7 Å². The predicted octanol–water partition coefficient (Wildman–Crippen LogP) is 6.65. The molecule has 1 N–H and O–H groups in total. The van der Waals surface area contributed by atoms with Crippen molar-refractivity contribution in [3.63, 3.8) is 0 Å². The monoisotopic (exact) mass is 622 g/mol. The van der Waals surface area contributed by atoms with E-state index in [0.29, 0.717) is 65.4 Å². The number of rotatable bonds is 5. The van der Waals surface area contributed by atoms with E-state index in [4.69, 9.17) is 38.2 Å². The van der Waals surface area contributed by atoms with Crippen LogP contribution in [0.5, 0.6) is 51.7 Å². The van der Waals surface area contributed by atoms with Gasteiger partial charge in [-0.3, -0.25) is 4.99 Å². The molecule has 4 aromatic carbocycles. The van der Waals surface area contributed by atoms with Gasteiger partial charge in [0.25, 0.3) is 0 Å². The first-order valence-electron chi connectivity index (χ1n) is 15.5. The first-order valence-corrected chi connectivity index (χ1v) is 15.5. The quantitative estimate of drug-likeness (QED) is 0.265. The molecule has 4 aliphatic rings. The molecule has 0 saturated heterocycles. The number of ether oxygens (including phenoxy) is 7. The van der Waals surface area contributed by atoms with E-state index < -0.39 is 0 Å². The smallest absolute Gasteiger partial charge is 0.208 e. The highest BCUT2D eigenvalue weighted by molar-refractivity contribution is 6.04. The Morgan fingerprint density at radius 3 is 2.20 bits per heavy atom. The SMILES string of the molecule is COc1ccc2cc1Oc1ccc(cc1)CC1=NCCc3cc(OC)c(cc31)Oc1c(OC)c(OC)c(OC)c3c1[C@H](C2)NCC3. The van der Waals surface area contributed by atoms with Crippen LogP contribution in [0.2, 0.25) is 0 Å². The van der Waals surface area contributed by atoms with Gasteiger partial charge in [0, 0.05) is 41.4 Å². The van der Waals surface area contributed by atoms with Crippen LogP contribution in [0.1, 0.15) is 39.4 Å². The van der Waals surface area contributed by atoms with Gasteiger partial charge in [-0.1, -0.05) is 18.2 Å². The molecule has 0 fully saturated rings. The molecule has 238 valence electrons. The Bertz CT molecular complexity index is 1820. The van der Waals surface area contributed by atoms with Gasteiger partial charge in [0.2, 0.25) is 11.5 Å². The van der Waals surface area contributed by atoms with Crippen LogP contribution in [-0.4, -0.2) is 54.4 Å². The van der Waals surface area contributed by atoms with Gasteiger partial charge in [-0.15, -0.1) is 0 Å². The van der Waals surface area contributed by atoms with Crippen molar-refractivity contribution in [2.24, 2.45) is 4.99 Å². The van der Waals surface area contributed by atoms with Gasteiger partial charge >= 0.3 is 0 Å². The molecular formula is C37H38N2O7. The van der Waals surface area contributed by atoms with Gasteiger partial charge in [-0.05, 0) is 78.9 Å². The van der Waals surface area contributed by atoms with E-state index in [9.17, 15) is 0 Å². The van der Waals surface area contributed by atoms with Gasteiger partial charge in [0.15, 0.2) is 34.5 Å². The Morgan fingerprint density at radius 1 is 0.717 bits per heavy atom. The van der Waals surface area contributed by atoms with Crippen LogP contribution in [0.3, 0.4) is 0 Å². The van der Waals surface area contributed by atoms with Crippen LogP contribution in [0.25, 0.3) is 0 Å². The Hall–Kier alpha value is -4.89. The van der Waals surface area contributed by atoms with Gasteiger partial charge in [-0.25, -0.2) is 0 Å². The molecule has 1 atom stereocenters. The van der Waals surface area contributed by atoms with Crippen molar-refractivity contribution in [1.82, 2.24) is 5.32 Å². The molecule has 0 aliphatic carbocycles. The summed E-state index contributed by atoms with van der Waals surface area (Å²) in [6, 6.07) is 18.2. The minimum Gasteiger partial charge on any atom is -0.493 e. The van der Waals surface area contributed by atoms with Gasteiger partial charge < -0.3 is 38.5 Å². The van der Waals surface area contributed by atoms with Crippen molar-refractivity contribution in [3.8, 4) is 51.7 Å². The number of methoxy groups -OCH3 is 5. The third-order valence-electron chi connectivity index (χ3n) is 8.98. The van der Waals surface area contributed by atoms with Crippen molar-refractivity contribution in [2.75, 3.05) is 48.6 Å². The van der Waals surface area contributed by atoms with Gasteiger partial charge in [-0.2, -0.15) is 0 Å². The molecule has 4 aromatic rings. The summed E-state index contributed by atoms with van der Waals surface area (Å²) in [6.07, 6.45) is 2.84. The van der Waals surface area contributed by atoms with Crippen molar-refractivity contribution in [1.29, 1.82) is 0 Å². The summed E-state index contributed by atoms with van der Waals surface area (Å²) in [4.78, 5) is 4.96. The van der Waals surface area contributed by atoms with Crippen molar-refractivity contribution >= 4 is 5.71 Å². The van der Waals surface area contributed by atoms with E-state index in [2.05, 4.69) is 35.6 Å². The number of fused-ring (bicyclic) bond motifs is 2. The zero-order chi connectivity index (χ0) is 31.8. The molecule has 4 aliphatic heterocycles. The van der Waals surface area contributed by atoms with Crippen LogP contribution in [0.4, 0.5) is 0 Å². The molecule has 9 heteroatoms. The summed E-state index contributed by atoms with van der Waals surface area (Å²) in [5.74, 6) is 5.39. The molecule has 0 amide bonds. The van der Waals surface area contributed by atoms with E-state index in [-0.39, 0.29) is 6.04 Å². The minimum atomic E-state index is -0.146. The van der Waals surface area contributed by atoms with Gasteiger partial charge in [0.1, 0.15) is 5.75 Å². The third-order valence-corrected chi connectivity index (χ3v) is 8.98. The maximum atomic E-state index is 6.94. The largest absolute Gasteiger partial charge is 0.493 e. The van der Waals surface area contributed by atoms with E-state index in [1.54, 1.807) is 35.5 Å². The van der Waals surface area contributed by atoms with E-state index in [0.717, 1.165) is 58.7 Å². The fourth-order valence-corrected chi connectivity index (χ4v) is 6.81. The molecule has 6 bridgehead atoms. The lowest BCUT2D eigenvalue weighted by Crippen LogP contribution is -2.32. The first-order chi connectivity index (χ1) is 22.5. The van der Waals surface area contributed by atoms with E-state index in [1.807, 2.05) is 24.3 Å². The van der Waals surface area contributed by atoms with Crippen LogP contribution < -0.4 is 38.5 Å². The highest BCUT2D eigenvalue weighted by atomic mass is 16.6. The summed E-state index contributed by atoms with van der Waals surface area (Å²) in [5.41, 5.74) is 7.37. The number of hydrogen-bond donors (Lipinski definition) is 1. The Labute approximate surface area is 269 Å². The molecule has 0 saturated carbocycles. The Morgan fingerprint density at radius 2 is 1.46 bits per heavy atom. The van der Waals surface area contributed by atoms with Crippen LogP contribution in [-0.2, 0) is 25.7 Å². The lowest BCUT2D eigenvalue weighted by molar-refractivity contribution is 0.300. The maximum absolute atomic E-state index is 6.94. The second-order valence-corrected chi connectivity index (χ2v) is 11.5. The number of aliphatic imine (C=N–C) groups is 1. The molecule has 4 heterocycles. The molecule has 0 radical (unpaired) electrons. The standard InChI is InChI=1S/C37H38N2O7/c1-40-29-11-8-22-17-28-33-25(13-15-39-28)34(42-3)36(43-4)37(44-5)35(33)46-32-20-26-23(19-30(32)41-2)12-14-38-27(26)16-21-6-9-24(10-7-21)45-31(29)18-22/h6-11,18-20,28,39H,12-17H2,1-5H3/t28-/m0/s1. The number of benzene rings is 4. The highest BCUT2D eigenvalue weighted by Crippen LogP contribution is 2.55. The molecule has 8 rings (SSSR count). The molecule has 0 aromatic heterocycles. The topological polar surface area (TPSA) is 89.0 Å². The van der Waals surface area contributed by atoms with E-state index >= 15 is 0 Å². The number of nitrogens with one attached hydrogen (secondary N) is 1. The maximum Gasteiger partial charge on any atom is 0.208 e. The minimum absolute atomic E-state index is 0.146. The normalized spacial score (nSPS) is 16.5. The lowest BCUT2D eigenvalue weighted by Gasteiger charge is -2.32. The highest BCUT2D eigenvalue weighted by Gasteiger charge is 2.35. The summed E-state index contributed by atoms with van der Waals surface area (Å²) in [5, 5.41) is 3.73. The zero-order valence-corrected chi connectivity index (χ0v) is 26.8. The first kappa shape index (κ1) is 29.8. The molecular weight excluding hydrogens is 584 g/mol. The Kier molecular flexibility index (Phi) is 8.09. The van der Waals surface area contributed by atoms with E-state index in [1.165, 1.54) is 5.56 Å². The van der Waals surface area contributed by atoms with Gasteiger partial charge in [0.05, 0.1) is 35.5 Å². The summed E-state index contributed by atoms with van der Waals surface area (Å²) < 4.78 is 42.8. The van der Waals surface area contributed by atoms with Crippen molar-refractivity contribution in [3.05, 3.63) is 88.0 Å². The molecule has 0 spiro atoms. The molecule has 9 nitrogen and oxygen atoms in total. The molecule has 46 heavy (non-hydrogen) atoms. The number of nitrogens with zero attached hydrogens (tertiary/aromatic N) is 1. The molecule has 0 unspecified atom stereocenters. The van der Waals surface area contributed by atoms with Crippen LogP contribution >= 0.6 is 0 Å². The summed E-state index contributed by atoms with van der Waals surface area (Å²) in [7, 11) is 8.22. The summed E-state index contributed by atoms with van der Waals surface area (Å²) >= 11 is 0. The lowest BCUT2D eigenvalue weighted by atomic mass is 9.87. The average Bonchev–Trinajstić information content (AvgIpc) is 3.08. The Balaban J connectivity index is 1.48. The van der Waals surface area contributed by atoms with Crippen LogP contribution in [0.15, 0.2) is 59.6 Å². The fraction of sp³-hybridized carbons (Fsp3) is 0.324. The second-order valence-electron chi connectivity index (χ2n) is 11.5. The second kappa shape index (κ2) is 12.5. The average molecular weight is 623 g/mol.